The van der Waals surface area contributed by atoms with Crippen LogP contribution in [0.2, 0.25) is 5.02 Å². The maximum absolute atomic E-state index is 12.4. The molecule has 3 rings (SSSR count). The lowest BCUT2D eigenvalue weighted by molar-refractivity contribution is 0.0831. The van der Waals surface area contributed by atoms with Gasteiger partial charge in [-0.05, 0) is 31.9 Å². The summed E-state index contributed by atoms with van der Waals surface area (Å²) in [6.45, 7) is 5.83. The van der Waals surface area contributed by atoms with Crippen molar-refractivity contribution in [2.24, 2.45) is 0 Å². The standard InChI is InChI=1S/C17H24ClN3O2/c1-13(16-7-4-12-23-16)19-17(22)21-10-8-20(9-11-21)15-6-3-2-5-14(15)18/h2-3,5-6,13,16H,4,7-12H2,1H3,(H,19,22)/t13-,16-/m0/s1. The maximum atomic E-state index is 12.4. The number of ether oxygens (including phenoxy) is 1. The summed E-state index contributed by atoms with van der Waals surface area (Å²) in [6.07, 6.45) is 2.27. The topological polar surface area (TPSA) is 44.8 Å². The maximum Gasteiger partial charge on any atom is 0.317 e. The van der Waals surface area contributed by atoms with Gasteiger partial charge in [-0.1, -0.05) is 23.7 Å². The second-order valence-electron chi connectivity index (χ2n) is 6.22. The van der Waals surface area contributed by atoms with Crippen LogP contribution in [0.4, 0.5) is 10.5 Å². The molecular formula is C17H24ClN3O2. The average Bonchev–Trinajstić information content (AvgIpc) is 3.10. The van der Waals surface area contributed by atoms with E-state index in [1.165, 1.54) is 0 Å². The van der Waals surface area contributed by atoms with Crippen LogP contribution in [0.15, 0.2) is 24.3 Å². The molecule has 2 aliphatic heterocycles. The molecule has 1 N–H and O–H groups in total. The van der Waals surface area contributed by atoms with E-state index in [4.69, 9.17) is 16.3 Å². The molecule has 5 nitrogen and oxygen atoms in total. The molecule has 0 radical (unpaired) electrons. The van der Waals surface area contributed by atoms with E-state index in [-0.39, 0.29) is 18.2 Å². The van der Waals surface area contributed by atoms with Crippen LogP contribution in [0.5, 0.6) is 0 Å². The third-order valence-electron chi connectivity index (χ3n) is 4.63. The van der Waals surface area contributed by atoms with Crippen LogP contribution in [0.25, 0.3) is 0 Å². The molecule has 2 fully saturated rings. The number of urea groups is 1. The van der Waals surface area contributed by atoms with Crippen LogP contribution in [0.1, 0.15) is 19.8 Å². The lowest BCUT2D eigenvalue weighted by Crippen LogP contribution is -2.54. The Morgan fingerprint density at radius 3 is 2.70 bits per heavy atom. The molecule has 23 heavy (non-hydrogen) atoms. The zero-order chi connectivity index (χ0) is 16.2. The molecule has 0 spiro atoms. The van der Waals surface area contributed by atoms with Crippen LogP contribution < -0.4 is 10.2 Å². The second kappa shape index (κ2) is 7.41. The number of hydrogen-bond acceptors (Lipinski definition) is 3. The number of para-hydroxylation sites is 1. The molecule has 0 saturated carbocycles. The number of benzene rings is 1. The average molecular weight is 338 g/mol. The summed E-state index contributed by atoms with van der Waals surface area (Å²) in [5.74, 6) is 0. The number of piperazine rings is 1. The van der Waals surface area contributed by atoms with Crippen LogP contribution in [0, 0.1) is 0 Å². The third-order valence-corrected chi connectivity index (χ3v) is 4.95. The van der Waals surface area contributed by atoms with Crippen LogP contribution in [0.3, 0.4) is 0 Å². The molecule has 2 heterocycles. The van der Waals surface area contributed by atoms with Crippen molar-refractivity contribution in [2.75, 3.05) is 37.7 Å². The van der Waals surface area contributed by atoms with E-state index in [0.717, 1.165) is 43.2 Å². The molecule has 2 amide bonds. The van der Waals surface area contributed by atoms with Crippen molar-refractivity contribution in [3.05, 3.63) is 29.3 Å². The number of carbonyl (C=O) groups excluding carboxylic acids is 1. The van der Waals surface area contributed by atoms with Gasteiger partial charge in [-0.3, -0.25) is 0 Å². The van der Waals surface area contributed by atoms with Crippen molar-refractivity contribution in [3.63, 3.8) is 0 Å². The first-order valence-electron chi connectivity index (χ1n) is 8.31. The van der Waals surface area contributed by atoms with Gasteiger partial charge in [0.1, 0.15) is 0 Å². The summed E-state index contributed by atoms with van der Waals surface area (Å²) in [7, 11) is 0. The number of nitrogens with zero attached hydrogens (tertiary/aromatic N) is 2. The molecule has 6 heteroatoms. The number of anilines is 1. The largest absolute Gasteiger partial charge is 0.376 e. The van der Waals surface area contributed by atoms with E-state index in [1.54, 1.807) is 0 Å². The first-order chi connectivity index (χ1) is 11.1. The Hall–Kier alpha value is -1.46. The predicted molar refractivity (Wildman–Crippen MR) is 92.2 cm³/mol. The number of halogens is 1. The first kappa shape index (κ1) is 16.4. The first-order valence-corrected chi connectivity index (χ1v) is 8.69. The molecule has 0 unspecified atom stereocenters. The van der Waals surface area contributed by atoms with Gasteiger partial charge in [0.05, 0.1) is 22.9 Å². The monoisotopic (exact) mass is 337 g/mol. The Bertz CT molecular complexity index is 540. The van der Waals surface area contributed by atoms with Gasteiger partial charge in [-0.25, -0.2) is 4.79 Å². The van der Waals surface area contributed by atoms with E-state index in [0.29, 0.717) is 13.1 Å². The van der Waals surface area contributed by atoms with Gasteiger partial charge in [0.15, 0.2) is 0 Å². The smallest absolute Gasteiger partial charge is 0.317 e. The van der Waals surface area contributed by atoms with E-state index in [1.807, 2.05) is 36.1 Å². The fourth-order valence-corrected chi connectivity index (χ4v) is 3.49. The Balaban J connectivity index is 1.50. The summed E-state index contributed by atoms with van der Waals surface area (Å²) in [4.78, 5) is 16.5. The highest BCUT2D eigenvalue weighted by Gasteiger charge is 2.27. The number of nitrogens with one attached hydrogen (secondary N) is 1. The SMILES string of the molecule is C[C@H](NC(=O)N1CCN(c2ccccc2Cl)CC1)[C@@H]1CCCO1. The third kappa shape index (κ3) is 3.90. The lowest BCUT2D eigenvalue weighted by Gasteiger charge is -2.37. The van der Waals surface area contributed by atoms with Crippen molar-refractivity contribution >= 4 is 23.3 Å². The minimum Gasteiger partial charge on any atom is -0.376 e. The van der Waals surface area contributed by atoms with E-state index in [2.05, 4.69) is 10.2 Å². The molecule has 1 aromatic rings. The predicted octanol–water partition coefficient (Wildman–Crippen LogP) is 2.74. The minimum atomic E-state index is 0.00630. The van der Waals surface area contributed by atoms with E-state index in [9.17, 15) is 4.79 Å². The summed E-state index contributed by atoms with van der Waals surface area (Å²) >= 11 is 6.25. The summed E-state index contributed by atoms with van der Waals surface area (Å²) in [5.41, 5.74) is 1.04. The van der Waals surface area contributed by atoms with Crippen molar-refractivity contribution in [1.29, 1.82) is 0 Å². The minimum absolute atomic E-state index is 0.00630. The summed E-state index contributed by atoms with van der Waals surface area (Å²) in [6, 6.07) is 7.92. The molecule has 0 aromatic heterocycles. The Labute approximate surface area is 142 Å². The van der Waals surface area contributed by atoms with E-state index < -0.39 is 0 Å². The van der Waals surface area contributed by atoms with Crippen LogP contribution in [-0.2, 0) is 4.74 Å². The molecule has 2 aliphatic rings. The Morgan fingerprint density at radius 2 is 2.04 bits per heavy atom. The molecule has 2 saturated heterocycles. The molecule has 1 aromatic carbocycles. The van der Waals surface area contributed by atoms with Gasteiger partial charge in [-0.15, -0.1) is 0 Å². The van der Waals surface area contributed by atoms with Crippen LogP contribution in [-0.4, -0.2) is 55.9 Å². The van der Waals surface area contributed by atoms with Gasteiger partial charge in [-0.2, -0.15) is 0 Å². The highest BCUT2D eigenvalue weighted by atomic mass is 35.5. The number of rotatable bonds is 3. The summed E-state index contributed by atoms with van der Waals surface area (Å²) in [5, 5.41) is 3.84. The van der Waals surface area contributed by atoms with E-state index >= 15 is 0 Å². The lowest BCUT2D eigenvalue weighted by atomic mass is 10.1. The molecule has 126 valence electrons. The highest BCUT2D eigenvalue weighted by Crippen LogP contribution is 2.26. The van der Waals surface area contributed by atoms with Crippen molar-refractivity contribution in [2.45, 2.75) is 31.9 Å². The van der Waals surface area contributed by atoms with Gasteiger partial charge >= 0.3 is 6.03 Å². The second-order valence-corrected chi connectivity index (χ2v) is 6.62. The summed E-state index contributed by atoms with van der Waals surface area (Å²) < 4.78 is 5.63. The van der Waals surface area contributed by atoms with Crippen molar-refractivity contribution in [3.8, 4) is 0 Å². The number of hydrogen-bond donors (Lipinski definition) is 1. The molecule has 0 bridgehead atoms. The number of carbonyl (C=O) groups is 1. The highest BCUT2D eigenvalue weighted by molar-refractivity contribution is 6.33. The fourth-order valence-electron chi connectivity index (χ4n) is 3.23. The number of amides is 2. The quantitative estimate of drug-likeness (QED) is 0.922. The van der Waals surface area contributed by atoms with Gasteiger partial charge in [0.2, 0.25) is 0 Å². The fraction of sp³-hybridized carbons (Fsp3) is 0.588. The van der Waals surface area contributed by atoms with Crippen molar-refractivity contribution < 1.29 is 9.53 Å². The zero-order valence-corrected chi connectivity index (χ0v) is 14.3. The Kier molecular flexibility index (Phi) is 5.28. The normalized spacial score (nSPS) is 23.0. The molecular weight excluding hydrogens is 314 g/mol. The van der Waals surface area contributed by atoms with Gasteiger partial charge in [0, 0.05) is 32.8 Å². The van der Waals surface area contributed by atoms with Gasteiger partial charge < -0.3 is 19.9 Å². The molecule has 0 aliphatic carbocycles. The van der Waals surface area contributed by atoms with Crippen LogP contribution >= 0.6 is 11.6 Å². The van der Waals surface area contributed by atoms with Crippen molar-refractivity contribution in [1.82, 2.24) is 10.2 Å². The zero-order valence-electron chi connectivity index (χ0n) is 13.5. The Morgan fingerprint density at radius 1 is 1.30 bits per heavy atom. The molecule has 2 atom stereocenters. The van der Waals surface area contributed by atoms with Gasteiger partial charge in [0.25, 0.3) is 0 Å².